The van der Waals surface area contributed by atoms with Crippen LogP contribution in [-0.2, 0) is 0 Å². The van der Waals surface area contributed by atoms with Crippen molar-refractivity contribution in [3.63, 3.8) is 0 Å². The van der Waals surface area contributed by atoms with Crippen LogP contribution in [0.5, 0.6) is 11.5 Å². The van der Waals surface area contributed by atoms with Gasteiger partial charge in [0.15, 0.2) is 0 Å². The first kappa shape index (κ1) is 16.0. The van der Waals surface area contributed by atoms with Gasteiger partial charge in [0.1, 0.15) is 18.1 Å². The van der Waals surface area contributed by atoms with Crippen molar-refractivity contribution in [3.8, 4) is 23.3 Å². The summed E-state index contributed by atoms with van der Waals surface area (Å²) in [5.74, 6) is 7.77. The zero-order valence-electron chi connectivity index (χ0n) is 12.5. The summed E-state index contributed by atoms with van der Waals surface area (Å²) in [4.78, 5) is 2.46. The Kier molecular flexibility index (Phi) is 6.72. The van der Waals surface area contributed by atoms with Gasteiger partial charge in [-0.1, -0.05) is 18.3 Å². The number of halogens is 1. The number of methoxy groups -OCH3 is 1. The van der Waals surface area contributed by atoms with Crippen molar-refractivity contribution in [2.45, 2.75) is 19.3 Å². The van der Waals surface area contributed by atoms with Crippen LogP contribution in [0.2, 0.25) is 0 Å². The maximum Gasteiger partial charge on any atom is 0.135 e. The van der Waals surface area contributed by atoms with Gasteiger partial charge in [0, 0.05) is 6.54 Å². The van der Waals surface area contributed by atoms with Gasteiger partial charge in [0.25, 0.3) is 0 Å². The largest absolute Gasteiger partial charge is 0.497 e. The molecule has 0 amide bonds. The fourth-order valence-electron chi connectivity index (χ4n) is 2.46. The van der Waals surface area contributed by atoms with Gasteiger partial charge < -0.3 is 9.47 Å². The molecule has 1 fully saturated rings. The predicted molar refractivity (Wildman–Crippen MR) is 86.4 cm³/mol. The molecule has 0 atom stereocenters. The smallest absolute Gasteiger partial charge is 0.135 e. The second kappa shape index (κ2) is 8.81. The van der Waals surface area contributed by atoms with E-state index in [0.717, 1.165) is 23.6 Å². The minimum absolute atomic E-state index is 0.310. The second-order valence-electron chi connectivity index (χ2n) is 5.05. The topological polar surface area (TPSA) is 21.7 Å². The van der Waals surface area contributed by atoms with E-state index in [-0.39, 0.29) is 0 Å². The number of benzene rings is 1. The average Bonchev–Trinajstić information content (AvgIpc) is 2.54. The molecule has 114 valence electrons. The highest BCUT2D eigenvalue weighted by atomic mass is 35.5. The molecule has 0 N–H and O–H groups in total. The van der Waals surface area contributed by atoms with Crippen LogP contribution >= 0.6 is 11.6 Å². The molecular formula is C17H22ClNO2. The first-order valence-electron chi connectivity index (χ1n) is 7.41. The molecule has 0 aromatic heterocycles. The van der Waals surface area contributed by atoms with E-state index in [4.69, 9.17) is 21.1 Å². The van der Waals surface area contributed by atoms with E-state index in [1.807, 2.05) is 18.2 Å². The van der Waals surface area contributed by atoms with E-state index >= 15 is 0 Å². The van der Waals surface area contributed by atoms with Crippen LogP contribution in [0.25, 0.3) is 0 Å². The molecule has 1 aliphatic heterocycles. The van der Waals surface area contributed by atoms with Crippen molar-refractivity contribution < 1.29 is 9.47 Å². The summed E-state index contributed by atoms with van der Waals surface area (Å²) >= 11 is 5.63. The standard InChI is InChI=1S/C17H22ClNO2/c1-20-16-7-8-17(15(14-16)6-5-9-18)21-13-12-19-10-3-2-4-11-19/h7-8,14H,2-4,9-13H2,1H3. The Balaban J connectivity index is 1.94. The number of piperidine rings is 1. The van der Waals surface area contributed by atoms with Gasteiger partial charge in [-0.05, 0) is 44.1 Å². The molecule has 0 unspecified atom stereocenters. The number of hydrogen-bond acceptors (Lipinski definition) is 3. The van der Waals surface area contributed by atoms with Crippen LogP contribution in [0.1, 0.15) is 24.8 Å². The Labute approximate surface area is 132 Å². The number of hydrogen-bond donors (Lipinski definition) is 0. The third kappa shape index (κ3) is 5.15. The molecule has 0 aliphatic carbocycles. The highest BCUT2D eigenvalue weighted by Crippen LogP contribution is 2.23. The van der Waals surface area contributed by atoms with Crippen molar-refractivity contribution in [1.29, 1.82) is 0 Å². The van der Waals surface area contributed by atoms with Crippen molar-refractivity contribution >= 4 is 11.6 Å². The highest BCUT2D eigenvalue weighted by molar-refractivity contribution is 6.19. The third-order valence-corrected chi connectivity index (χ3v) is 3.72. The molecular weight excluding hydrogens is 286 g/mol. The summed E-state index contributed by atoms with van der Waals surface area (Å²) in [6, 6.07) is 5.69. The summed E-state index contributed by atoms with van der Waals surface area (Å²) < 4.78 is 11.1. The molecule has 1 aromatic carbocycles. The molecule has 1 heterocycles. The van der Waals surface area contributed by atoms with E-state index in [2.05, 4.69) is 16.7 Å². The van der Waals surface area contributed by atoms with Gasteiger partial charge in [-0.15, -0.1) is 11.6 Å². The average molecular weight is 308 g/mol. The summed E-state index contributed by atoms with van der Waals surface area (Å²) in [7, 11) is 1.64. The molecule has 1 aromatic rings. The van der Waals surface area contributed by atoms with Crippen LogP contribution in [-0.4, -0.2) is 44.1 Å². The predicted octanol–water partition coefficient (Wildman–Crippen LogP) is 3.15. The molecule has 0 saturated carbocycles. The van der Waals surface area contributed by atoms with Crippen LogP contribution in [0.3, 0.4) is 0 Å². The first-order valence-corrected chi connectivity index (χ1v) is 7.95. The Morgan fingerprint density at radius 1 is 1.24 bits per heavy atom. The Morgan fingerprint density at radius 2 is 2.05 bits per heavy atom. The maximum atomic E-state index is 5.89. The molecule has 1 saturated heterocycles. The van der Waals surface area contributed by atoms with E-state index < -0.39 is 0 Å². The van der Waals surface area contributed by atoms with Gasteiger partial charge in [-0.25, -0.2) is 0 Å². The molecule has 0 spiro atoms. The Bertz CT molecular complexity index is 501. The normalized spacial score (nSPS) is 15.1. The molecule has 2 rings (SSSR count). The lowest BCUT2D eigenvalue weighted by atomic mass is 10.1. The van der Waals surface area contributed by atoms with E-state index in [9.17, 15) is 0 Å². The van der Waals surface area contributed by atoms with Crippen molar-refractivity contribution in [2.75, 3.05) is 39.2 Å². The fraction of sp³-hybridized carbons (Fsp3) is 0.529. The lowest BCUT2D eigenvalue weighted by Gasteiger charge is -2.26. The van der Waals surface area contributed by atoms with E-state index in [1.54, 1.807) is 7.11 Å². The summed E-state index contributed by atoms with van der Waals surface area (Å²) in [6.07, 6.45) is 3.96. The minimum Gasteiger partial charge on any atom is -0.497 e. The molecule has 1 aliphatic rings. The number of alkyl halides is 1. The van der Waals surface area contributed by atoms with Crippen LogP contribution in [0.4, 0.5) is 0 Å². The number of nitrogens with zero attached hydrogens (tertiary/aromatic N) is 1. The van der Waals surface area contributed by atoms with Crippen molar-refractivity contribution in [2.24, 2.45) is 0 Å². The Morgan fingerprint density at radius 3 is 2.76 bits per heavy atom. The summed E-state index contributed by atoms with van der Waals surface area (Å²) in [5, 5.41) is 0. The minimum atomic E-state index is 0.310. The van der Waals surface area contributed by atoms with Crippen molar-refractivity contribution in [3.05, 3.63) is 23.8 Å². The second-order valence-corrected chi connectivity index (χ2v) is 5.32. The van der Waals surface area contributed by atoms with Gasteiger partial charge in [-0.2, -0.15) is 0 Å². The first-order chi connectivity index (χ1) is 10.3. The van der Waals surface area contributed by atoms with Gasteiger partial charge in [0.2, 0.25) is 0 Å². The van der Waals surface area contributed by atoms with E-state index in [1.165, 1.54) is 32.4 Å². The number of ether oxygens (including phenoxy) is 2. The van der Waals surface area contributed by atoms with Gasteiger partial charge in [-0.3, -0.25) is 4.90 Å². The zero-order chi connectivity index (χ0) is 14.9. The third-order valence-electron chi connectivity index (χ3n) is 3.59. The fourth-order valence-corrected chi connectivity index (χ4v) is 2.52. The monoisotopic (exact) mass is 307 g/mol. The van der Waals surface area contributed by atoms with Gasteiger partial charge in [0.05, 0.1) is 18.6 Å². The molecule has 3 nitrogen and oxygen atoms in total. The molecule has 0 bridgehead atoms. The van der Waals surface area contributed by atoms with Crippen LogP contribution < -0.4 is 9.47 Å². The van der Waals surface area contributed by atoms with Gasteiger partial charge >= 0.3 is 0 Å². The summed E-state index contributed by atoms with van der Waals surface area (Å²) in [6.45, 7) is 4.02. The SMILES string of the molecule is COc1ccc(OCCN2CCCCC2)c(C#CCCl)c1. The Hall–Kier alpha value is -1.37. The van der Waals surface area contributed by atoms with Crippen LogP contribution in [0, 0.1) is 11.8 Å². The lowest BCUT2D eigenvalue weighted by molar-refractivity contribution is 0.183. The number of likely N-dealkylation sites (tertiary alicyclic amines) is 1. The summed E-state index contributed by atoms with van der Waals surface area (Å²) in [5.41, 5.74) is 0.827. The van der Waals surface area contributed by atoms with E-state index in [0.29, 0.717) is 12.5 Å². The maximum absolute atomic E-state index is 5.89. The van der Waals surface area contributed by atoms with Crippen molar-refractivity contribution in [1.82, 2.24) is 4.90 Å². The highest BCUT2D eigenvalue weighted by Gasteiger charge is 2.10. The van der Waals surface area contributed by atoms with Crippen LogP contribution in [0.15, 0.2) is 18.2 Å². The number of rotatable bonds is 5. The quantitative estimate of drug-likeness (QED) is 0.616. The lowest BCUT2D eigenvalue weighted by Crippen LogP contribution is -2.33. The molecule has 21 heavy (non-hydrogen) atoms. The zero-order valence-corrected chi connectivity index (χ0v) is 13.3. The molecule has 0 radical (unpaired) electrons. The molecule has 4 heteroatoms.